The first-order chi connectivity index (χ1) is 11.8. The first-order valence-corrected chi connectivity index (χ1v) is 7.74. The predicted octanol–water partition coefficient (Wildman–Crippen LogP) is 1.62. The Morgan fingerprint density at radius 1 is 1.36 bits per heavy atom. The molecule has 0 radical (unpaired) electrons. The van der Waals surface area contributed by atoms with Gasteiger partial charge >= 0.3 is 12.1 Å². The van der Waals surface area contributed by atoms with Crippen molar-refractivity contribution in [3.63, 3.8) is 0 Å². The number of hydrogen-bond donors (Lipinski definition) is 1. The summed E-state index contributed by atoms with van der Waals surface area (Å²) < 4.78 is 42.2. The monoisotopic (exact) mass is 355 g/mol. The van der Waals surface area contributed by atoms with E-state index in [1.165, 1.54) is 12.1 Å². The van der Waals surface area contributed by atoms with Gasteiger partial charge in [0.25, 0.3) is 5.91 Å². The van der Waals surface area contributed by atoms with E-state index in [2.05, 4.69) is 4.99 Å². The fraction of sp³-hybridized carbons (Fsp3) is 0.438. The summed E-state index contributed by atoms with van der Waals surface area (Å²) >= 11 is 0. The quantitative estimate of drug-likeness (QED) is 0.645. The third-order valence-electron chi connectivity index (χ3n) is 4.28. The maximum absolute atomic E-state index is 12.6. The first-order valence-electron chi connectivity index (χ1n) is 7.74. The van der Waals surface area contributed by atoms with Crippen LogP contribution in [-0.2, 0) is 16.1 Å². The van der Waals surface area contributed by atoms with E-state index < -0.39 is 17.9 Å². The Morgan fingerprint density at radius 2 is 2.12 bits per heavy atom. The summed E-state index contributed by atoms with van der Waals surface area (Å²) in [6, 6.07) is 4.43. The van der Waals surface area contributed by atoms with Crippen LogP contribution in [0, 0.1) is 0 Å². The maximum atomic E-state index is 12.6. The molecule has 2 aliphatic heterocycles. The normalized spacial score (nSPS) is 21.4. The smallest absolute Gasteiger partial charge is 0.383 e. The molecule has 0 aromatic heterocycles. The topological polar surface area (TPSA) is 85.0 Å². The van der Waals surface area contributed by atoms with Gasteiger partial charge in [0.2, 0.25) is 0 Å². The van der Waals surface area contributed by atoms with E-state index in [0.717, 1.165) is 18.4 Å². The van der Waals surface area contributed by atoms with E-state index in [0.29, 0.717) is 25.3 Å². The number of alkyl halides is 3. The molecule has 1 aromatic rings. The molecule has 2 aliphatic rings. The average Bonchev–Trinajstić information content (AvgIpc) is 2.91. The summed E-state index contributed by atoms with van der Waals surface area (Å²) in [6.07, 6.45) is -3.37. The summed E-state index contributed by atoms with van der Waals surface area (Å²) in [5.74, 6) is -3.07. The Bertz CT molecular complexity index is 740. The number of amidine groups is 1. The van der Waals surface area contributed by atoms with Gasteiger partial charge in [0.1, 0.15) is 5.84 Å². The van der Waals surface area contributed by atoms with Gasteiger partial charge in [0, 0.05) is 24.3 Å². The van der Waals surface area contributed by atoms with Gasteiger partial charge in [-0.25, -0.2) is 0 Å². The predicted molar refractivity (Wildman–Crippen MR) is 81.9 cm³/mol. The molecule has 1 atom stereocenters. The molecule has 0 saturated carbocycles. The van der Waals surface area contributed by atoms with Crippen LogP contribution in [0.2, 0.25) is 0 Å². The van der Waals surface area contributed by atoms with Gasteiger partial charge in [-0.1, -0.05) is 12.1 Å². The van der Waals surface area contributed by atoms with Gasteiger partial charge in [0.05, 0.1) is 12.6 Å². The number of amides is 2. The van der Waals surface area contributed by atoms with Crippen molar-refractivity contribution in [2.24, 2.45) is 10.7 Å². The van der Waals surface area contributed by atoms with Crippen molar-refractivity contribution < 1.29 is 27.5 Å². The highest BCUT2D eigenvalue weighted by Crippen LogP contribution is 2.28. The van der Waals surface area contributed by atoms with E-state index >= 15 is 0 Å². The summed E-state index contributed by atoms with van der Waals surface area (Å²) in [7, 11) is 0. The number of halogens is 3. The minimum atomic E-state index is -5.09. The molecule has 6 nitrogen and oxygen atoms in total. The second kappa shape index (κ2) is 6.47. The van der Waals surface area contributed by atoms with Crippen LogP contribution in [0.25, 0.3) is 0 Å². The Hall–Kier alpha value is -2.42. The highest BCUT2D eigenvalue weighted by Gasteiger charge is 2.39. The average molecular weight is 355 g/mol. The van der Waals surface area contributed by atoms with Crippen LogP contribution in [0.15, 0.2) is 23.2 Å². The lowest BCUT2D eigenvalue weighted by Crippen LogP contribution is -2.41. The molecule has 134 valence electrons. The van der Waals surface area contributed by atoms with E-state index in [4.69, 9.17) is 10.5 Å². The molecule has 1 fully saturated rings. The van der Waals surface area contributed by atoms with Crippen LogP contribution in [0.5, 0.6) is 0 Å². The largest absolute Gasteiger partial charge is 0.473 e. The SMILES string of the molecule is NC(=NC(=O)C(F)(F)F)c1ccc2c(c1)C(=O)N(C1CCCOC1)C2. The van der Waals surface area contributed by atoms with Crippen molar-refractivity contribution in [2.45, 2.75) is 31.6 Å². The van der Waals surface area contributed by atoms with E-state index in [-0.39, 0.29) is 17.5 Å². The Morgan fingerprint density at radius 3 is 2.76 bits per heavy atom. The van der Waals surface area contributed by atoms with Crippen molar-refractivity contribution in [3.8, 4) is 0 Å². The van der Waals surface area contributed by atoms with Gasteiger partial charge in [-0.2, -0.15) is 18.2 Å². The van der Waals surface area contributed by atoms with Gasteiger partial charge in [0.15, 0.2) is 0 Å². The first kappa shape index (κ1) is 17.4. The number of nitrogens with two attached hydrogens (primary N) is 1. The highest BCUT2D eigenvalue weighted by molar-refractivity contribution is 6.07. The molecule has 0 spiro atoms. The molecule has 0 bridgehead atoms. The zero-order valence-corrected chi connectivity index (χ0v) is 13.2. The van der Waals surface area contributed by atoms with Gasteiger partial charge in [-0.15, -0.1) is 0 Å². The lowest BCUT2D eigenvalue weighted by Gasteiger charge is -2.30. The van der Waals surface area contributed by atoms with Crippen molar-refractivity contribution in [2.75, 3.05) is 13.2 Å². The number of carbonyl (C=O) groups excluding carboxylic acids is 2. The highest BCUT2D eigenvalue weighted by atomic mass is 19.4. The number of rotatable bonds is 2. The summed E-state index contributed by atoms with van der Waals surface area (Å²) in [6.45, 7) is 1.56. The maximum Gasteiger partial charge on any atom is 0.473 e. The van der Waals surface area contributed by atoms with Crippen LogP contribution in [-0.4, -0.2) is 48.0 Å². The Balaban J connectivity index is 1.82. The second-order valence-electron chi connectivity index (χ2n) is 5.98. The molecular weight excluding hydrogens is 339 g/mol. The lowest BCUT2D eigenvalue weighted by atomic mass is 10.1. The van der Waals surface area contributed by atoms with Crippen LogP contribution in [0.3, 0.4) is 0 Å². The summed E-state index contributed by atoms with van der Waals surface area (Å²) in [5, 5.41) is 0. The number of hydrogen-bond acceptors (Lipinski definition) is 3. The van der Waals surface area contributed by atoms with Crippen LogP contribution >= 0.6 is 0 Å². The zero-order valence-electron chi connectivity index (χ0n) is 13.2. The minimum Gasteiger partial charge on any atom is -0.383 e. The van der Waals surface area contributed by atoms with Crippen LogP contribution < -0.4 is 5.73 Å². The molecular formula is C16H16F3N3O3. The third kappa shape index (κ3) is 3.51. The molecule has 1 unspecified atom stereocenters. The van der Waals surface area contributed by atoms with Crippen molar-refractivity contribution >= 4 is 17.6 Å². The standard InChI is InChI=1S/C16H16F3N3O3/c17-16(18,19)15(24)21-13(20)9-3-4-10-7-22(14(23)12(10)6-9)11-2-1-5-25-8-11/h3-4,6,11H,1-2,5,7-8H2,(H2,20,21,24). The molecule has 2 heterocycles. The molecule has 3 rings (SSSR count). The number of fused-ring (bicyclic) bond motifs is 1. The fourth-order valence-electron chi connectivity index (χ4n) is 2.98. The number of carbonyl (C=O) groups is 2. The molecule has 25 heavy (non-hydrogen) atoms. The van der Waals surface area contributed by atoms with Crippen LogP contribution in [0.4, 0.5) is 13.2 Å². The number of aliphatic imine (C=N–C) groups is 1. The van der Waals surface area contributed by atoms with Crippen molar-refractivity contribution in [1.29, 1.82) is 0 Å². The van der Waals surface area contributed by atoms with E-state index in [1.807, 2.05) is 0 Å². The second-order valence-corrected chi connectivity index (χ2v) is 5.98. The Kier molecular flexibility index (Phi) is 4.51. The minimum absolute atomic E-state index is 0.0186. The molecule has 2 amide bonds. The summed E-state index contributed by atoms with van der Waals surface area (Å²) in [5.41, 5.74) is 6.72. The fourth-order valence-corrected chi connectivity index (χ4v) is 2.98. The van der Waals surface area contributed by atoms with Crippen molar-refractivity contribution in [1.82, 2.24) is 4.90 Å². The van der Waals surface area contributed by atoms with Gasteiger partial charge in [-0.05, 0) is 24.5 Å². The number of benzene rings is 1. The summed E-state index contributed by atoms with van der Waals surface area (Å²) in [4.78, 5) is 28.1. The van der Waals surface area contributed by atoms with Crippen molar-refractivity contribution in [3.05, 3.63) is 34.9 Å². The van der Waals surface area contributed by atoms with Gasteiger partial charge < -0.3 is 15.4 Å². The van der Waals surface area contributed by atoms with Crippen LogP contribution in [0.1, 0.15) is 34.3 Å². The molecule has 0 aliphatic carbocycles. The number of nitrogens with zero attached hydrogens (tertiary/aromatic N) is 2. The molecule has 2 N–H and O–H groups in total. The molecule has 1 saturated heterocycles. The molecule has 9 heteroatoms. The van der Waals surface area contributed by atoms with Gasteiger partial charge in [-0.3, -0.25) is 9.59 Å². The number of ether oxygens (including phenoxy) is 1. The van der Waals surface area contributed by atoms with E-state index in [9.17, 15) is 22.8 Å². The third-order valence-corrected chi connectivity index (χ3v) is 4.28. The molecule has 1 aromatic carbocycles. The lowest BCUT2D eigenvalue weighted by molar-refractivity contribution is -0.169. The zero-order chi connectivity index (χ0) is 18.2. The Labute approximate surface area is 141 Å². The van der Waals surface area contributed by atoms with E-state index in [1.54, 1.807) is 11.0 Å².